The number of rotatable bonds is 47. The van der Waals surface area contributed by atoms with E-state index >= 15 is 0 Å². The van der Waals surface area contributed by atoms with Crippen molar-refractivity contribution in [2.45, 2.75) is 225 Å². The molecule has 0 radical (unpaired) electrons. The monoisotopic (exact) mass is 929 g/mol. The number of hydrogen-bond acceptors (Lipinski definition) is 6. The fourth-order valence-electron chi connectivity index (χ4n) is 7.18. The predicted molar refractivity (Wildman–Crippen MR) is 279 cm³/mol. The SMILES string of the molecule is CC/C=C\C/C=C\C/C=C\C/C=C\CCCCCCCCCCCCCCCCCCC(=O)NC(COP(=O)([O-])OCC[N+](C)(C)C)C(O)/C=C/CC/C=C/CC/C=C/CCCCCC. The van der Waals surface area contributed by atoms with E-state index in [2.05, 4.69) is 92.1 Å². The van der Waals surface area contributed by atoms with Gasteiger partial charge < -0.3 is 28.8 Å². The van der Waals surface area contributed by atoms with Gasteiger partial charge in [-0.1, -0.05) is 208 Å². The molecule has 0 aliphatic heterocycles. The highest BCUT2D eigenvalue weighted by atomic mass is 31.2. The molecule has 0 aliphatic rings. The van der Waals surface area contributed by atoms with E-state index in [4.69, 9.17) is 9.05 Å². The zero-order chi connectivity index (χ0) is 47.8. The molecular weight excluding hydrogens is 828 g/mol. The van der Waals surface area contributed by atoms with Gasteiger partial charge in [0.15, 0.2) is 0 Å². The molecule has 0 heterocycles. The lowest BCUT2D eigenvalue weighted by atomic mass is 10.0. The van der Waals surface area contributed by atoms with Crippen molar-refractivity contribution >= 4 is 13.7 Å². The minimum absolute atomic E-state index is 0.0117. The van der Waals surface area contributed by atoms with Crippen LogP contribution >= 0.6 is 7.82 Å². The largest absolute Gasteiger partial charge is 0.756 e. The number of unbranched alkanes of at least 4 members (excludes halogenated alkanes) is 22. The number of hydrogen-bond donors (Lipinski definition) is 2. The summed E-state index contributed by atoms with van der Waals surface area (Å²) in [4.78, 5) is 25.4. The Labute approximate surface area is 401 Å². The molecule has 9 heteroatoms. The second-order valence-electron chi connectivity index (χ2n) is 18.8. The molecule has 0 saturated heterocycles. The van der Waals surface area contributed by atoms with Gasteiger partial charge in [0, 0.05) is 6.42 Å². The van der Waals surface area contributed by atoms with Crippen LogP contribution in [0.5, 0.6) is 0 Å². The van der Waals surface area contributed by atoms with Crippen molar-refractivity contribution in [1.82, 2.24) is 5.32 Å². The van der Waals surface area contributed by atoms with Crippen LogP contribution in [0, 0.1) is 0 Å². The molecule has 8 nitrogen and oxygen atoms in total. The Hall–Kier alpha value is -2.32. The molecule has 0 bridgehead atoms. The normalized spacial score (nSPS) is 14.8. The van der Waals surface area contributed by atoms with E-state index in [-0.39, 0.29) is 12.5 Å². The quantitative estimate of drug-likeness (QED) is 0.0272. The molecule has 1 amide bonds. The van der Waals surface area contributed by atoms with Crippen molar-refractivity contribution < 1.29 is 32.9 Å². The van der Waals surface area contributed by atoms with Gasteiger partial charge in [-0.25, -0.2) is 0 Å². The number of carbonyl (C=O) groups is 1. The molecule has 0 aromatic carbocycles. The zero-order valence-electron chi connectivity index (χ0n) is 42.7. The first-order chi connectivity index (χ1) is 31.5. The maximum absolute atomic E-state index is 12.9. The summed E-state index contributed by atoms with van der Waals surface area (Å²) in [5.41, 5.74) is 0. The highest BCUT2D eigenvalue weighted by molar-refractivity contribution is 7.45. The van der Waals surface area contributed by atoms with E-state index in [0.29, 0.717) is 17.4 Å². The van der Waals surface area contributed by atoms with E-state index < -0.39 is 26.6 Å². The molecule has 0 saturated carbocycles. The molecule has 2 N–H and O–H groups in total. The number of aliphatic hydroxyl groups is 1. The fourth-order valence-corrected chi connectivity index (χ4v) is 7.90. The van der Waals surface area contributed by atoms with Crippen LogP contribution in [-0.2, 0) is 18.4 Å². The molecule has 3 unspecified atom stereocenters. The first-order valence-corrected chi connectivity index (χ1v) is 27.9. The van der Waals surface area contributed by atoms with E-state index in [9.17, 15) is 19.4 Å². The van der Waals surface area contributed by atoms with Gasteiger partial charge in [0.25, 0.3) is 7.82 Å². The number of phosphoric acid groups is 1. The van der Waals surface area contributed by atoms with Gasteiger partial charge in [-0.05, 0) is 83.5 Å². The average molecular weight is 929 g/mol. The number of amides is 1. The van der Waals surface area contributed by atoms with E-state index in [0.717, 1.165) is 77.0 Å². The van der Waals surface area contributed by atoms with Crippen molar-refractivity contribution in [3.05, 3.63) is 85.1 Å². The first kappa shape index (κ1) is 62.7. The molecule has 0 aromatic rings. The van der Waals surface area contributed by atoms with Crippen molar-refractivity contribution in [2.24, 2.45) is 0 Å². The Kier molecular flexibility index (Phi) is 45.1. The van der Waals surface area contributed by atoms with Gasteiger partial charge in [-0.15, -0.1) is 0 Å². The summed E-state index contributed by atoms with van der Waals surface area (Å²) in [7, 11) is 1.23. The molecule has 0 aromatic heterocycles. The number of nitrogens with zero attached hydrogens (tertiary/aromatic N) is 1. The molecule has 0 rings (SSSR count). The lowest BCUT2D eigenvalue weighted by Gasteiger charge is -2.29. The van der Waals surface area contributed by atoms with Crippen molar-refractivity contribution in [3.63, 3.8) is 0 Å². The van der Waals surface area contributed by atoms with Gasteiger partial charge in [-0.2, -0.15) is 0 Å². The summed E-state index contributed by atoms with van der Waals surface area (Å²) in [6, 6.07) is -0.912. The number of nitrogens with one attached hydrogen (secondary N) is 1. The Morgan fingerprint density at radius 3 is 1.43 bits per heavy atom. The topological polar surface area (TPSA) is 108 Å². The third-order valence-electron chi connectivity index (χ3n) is 11.3. The molecule has 0 aliphatic carbocycles. The predicted octanol–water partition coefficient (Wildman–Crippen LogP) is 15.1. The van der Waals surface area contributed by atoms with Gasteiger partial charge in [0.05, 0.1) is 39.9 Å². The van der Waals surface area contributed by atoms with Crippen LogP contribution < -0.4 is 10.2 Å². The molecule has 3 atom stereocenters. The van der Waals surface area contributed by atoms with Crippen LogP contribution in [-0.4, -0.2) is 68.5 Å². The minimum Gasteiger partial charge on any atom is -0.756 e. The van der Waals surface area contributed by atoms with Gasteiger partial charge in [0.1, 0.15) is 13.2 Å². The van der Waals surface area contributed by atoms with E-state index in [1.54, 1.807) is 6.08 Å². The molecular formula is C56H101N2O6P. The van der Waals surface area contributed by atoms with Crippen LogP contribution in [0.4, 0.5) is 0 Å². The number of allylic oxidation sites excluding steroid dienone is 13. The molecule has 376 valence electrons. The average Bonchev–Trinajstić information content (AvgIpc) is 3.26. The van der Waals surface area contributed by atoms with Crippen LogP contribution in [0.15, 0.2) is 85.1 Å². The van der Waals surface area contributed by atoms with Gasteiger partial charge >= 0.3 is 0 Å². The number of aliphatic hydroxyl groups excluding tert-OH is 1. The van der Waals surface area contributed by atoms with Gasteiger partial charge in [-0.3, -0.25) is 9.36 Å². The third kappa shape index (κ3) is 49.4. The van der Waals surface area contributed by atoms with Crippen molar-refractivity contribution in [3.8, 4) is 0 Å². The standard InChI is InChI=1S/C56H101N2O6P/c1-6-8-10-12-14-16-18-20-22-23-24-25-26-27-28-29-30-31-32-33-34-35-36-38-40-42-44-46-48-50-56(60)57-54(53-64-65(61,62)63-52-51-58(3,4)5)55(59)49-47-45-43-41-39-37-21-19-17-15-13-11-9-7-2/h8,10,14,16-17,19-20,22,24-25,39,41,47,49,54-55,59H,6-7,9,11-13,15,18,21,23,26-38,40,42-46,48,50-53H2,1-5H3,(H-,57,60,61,62)/b10-8-,16-14-,19-17+,22-20-,25-24-,41-39+,49-47+. The van der Waals surface area contributed by atoms with E-state index in [1.165, 1.54) is 116 Å². The fraction of sp³-hybridized carbons (Fsp3) is 0.732. The lowest BCUT2D eigenvalue weighted by molar-refractivity contribution is -0.870. The molecule has 0 spiro atoms. The first-order valence-electron chi connectivity index (χ1n) is 26.4. The highest BCUT2D eigenvalue weighted by Crippen LogP contribution is 2.38. The maximum Gasteiger partial charge on any atom is 0.268 e. The minimum atomic E-state index is -4.61. The second kappa shape index (κ2) is 46.8. The smallest absolute Gasteiger partial charge is 0.268 e. The summed E-state index contributed by atoms with van der Waals surface area (Å²) in [5.74, 6) is -0.214. The zero-order valence-corrected chi connectivity index (χ0v) is 43.6. The summed E-state index contributed by atoms with van der Waals surface area (Å²) in [6.45, 7) is 4.48. The Bertz CT molecular complexity index is 1330. The summed E-state index contributed by atoms with van der Waals surface area (Å²) >= 11 is 0. The van der Waals surface area contributed by atoms with Crippen LogP contribution in [0.3, 0.4) is 0 Å². The lowest BCUT2D eigenvalue weighted by Crippen LogP contribution is -2.45. The Morgan fingerprint density at radius 1 is 0.554 bits per heavy atom. The van der Waals surface area contributed by atoms with Crippen molar-refractivity contribution in [2.75, 3.05) is 40.9 Å². The van der Waals surface area contributed by atoms with Crippen LogP contribution in [0.1, 0.15) is 213 Å². The number of phosphoric ester groups is 1. The molecule has 0 fully saturated rings. The molecule has 65 heavy (non-hydrogen) atoms. The summed E-state index contributed by atoms with van der Waals surface area (Å²) < 4.78 is 23.2. The van der Waals surface area contributed by atoms with Gasteiger partial charge in [0.2, 0.25) is 5.91 Å². The number of carbonyl (C=O) groups excluding carboxylic acids is 1. The maximum atomic E-state index is 12.9. The number of likely N-dealkylation sites (N-methyl/N-ethyl adjacent to an activating group) is 1. The summed E-state index contributed by atoms with van der Waals surface area (Å²) in [5, 5.41) is 13.8. The summed E-state index contributed by atoms with van der Waals surface area (Å²) in [6.07, 6.45) is 65.1. The third-order valence-corrected chi connectivity index (χ3v) is 12.3. The second-order valence-corrected chi connectivity index (χ2v) is 20.2. The van der Waals surface area contributed by atoms with Crippen LogP contribution in [0.2, 0.25) is 0 Å². The highest BCUT2D eigenvalue weighted by Gasteiger charge is 2.23. The van der Waals surface area contributed by atoms with Crippen molar-refractivity contribution in [1.29, 1.82) is 0 Å². The Balaban J connectivity index is 4.19. The Morgan fingerprint density at radius 2 is 0.954 bits per heavy atom. The van der Waals surface area contributed by atoms with E-state index in [1.807, 2.05) is 27.2 Å². The van der Waals surface area contributed by atoms with Crippen LogP contribution in [0.25, 0.3) is 0 Å². The number of quaternary nitrogens is 1.